The SMILES string of the molecule is CC(C)Cn1c(SC(C)c2ccc(F)cc2)nnc1N1CCOCC1. The molecular formula is C18H25FN4OS. The lowest BCUT2D eigenvalue weighted by Crippen LogP contribution is -2.38. The van der Waals surface area contributed by atoms with E-state index < -0.39 is 0 Å². The first kappa shape index (κ1) is 18.2. The van der Waals surface area contributed by atoms with Crippen LogP contribution in [0.1, 0.15) is 31.6 Å². The standard InChI is InChI=1S/C18H25FN4OS/c1-13(2)12-23-17(22-8-10-24-11-9-22)20-21-18(23)25-14(3)15-4-6-16(19)7-5-15/h4-7,13-14H,8-12H2,1-3H3. The van der Waals surface area contributed by atoms with Crippen molar-refractivity contribution >= 4 is 17.7 Å². The molecular weight excluding hydrogens is 339 g/mol. The maximum Gasteiger partial charge on any atom is 0.228 e. The Morgan fingerprint density at radius 2 is 1.80 bits per heavy atom. The molecule has 0 spiro atoms. The van der Waals surface area contributed by atoms with Gasteiger partial charge in [0.25, 0.3) is 0 Å². The topological polar surface area (TPSA) is 43.2 Å². The molecule has 1 aliphatic rings. The minimum Gasteiger partial charge on any atom is -0.378 e. The molecule has 1 aromatic carbocycles. The second-order valence-electron chi connectivity index (χ2n) is 6.70. The van der Waals surface area contributed by atoms with Gasteiger partial charge in [-0.15, -0.1) is 10.2 Å². The Balaban J connectivity index is 1.82. The van der Waals surface area contributed by atoms with Gasteiger partial charge in [-0.3, -0.25) is 4.57 Å². The predicted octanol–water partition coefficient (Wildman–Crippen LogP) is 3.76. The van der Waals surface area contributed by atoms with Crippen LogP contribution < -0.4 is 4.90 Å². The second-order valence-corrected chi connectivity index (χ2v) is 8.01. The average Bonchev–Trinajstić information content (AvgIpc) is 2.98. The molecule has 25 heavy (non-hydrogen) atoms. The van der Waals surface area contributed by atoms with Gasteiger partial charge in [0.1, 0.15) is 5.82 Å². The smallest absolute Gasteiger partial charge is 0.228 e. The van der Waals surface area contributed by atoms with Crippen molar-refractivity contribution in [2.75, 3.05) is 31.2 Å². The number of nitrogens with zero attached hydrogens (tertiary/aromatic N) is 4. The summed E-state index contributed by atoms with van der Waals surface area (Å²) in [5.41, 5.74) is 1.08. The summed E-state index contributed by atoms with van der Waals surface area (Å²) in [6.07, 6.45) is 0. The molecule has 0 N–H and O–H groups in total. The Bertz CT molecular complexity index is 683. The summed E-state index contributed by atoms with van der Waals surface area (Å²) in [6.45, 7) is 10.5. The summed E-state index contributed by atoms with van der Waals surface area (Å²) in [6, 6.07) is 6.67. The van der Waals surface area contributed by atoms with E-state index in [1.54, 1.807) is 11.8 Å². The zero-order chi connectivity index (χ0) is 17.8. The molecule has 0 amide bonds. The van der Waals surface area contributed by atoms with Gasteiger partial charge in [0, 0.05) is 24.9 Å². The third-order valence-electron chi connectivity index (χ3n) is 4.16. The van der Waals surface area contributed by atoms with Crippen molar-refractivity contribution in [3.63, 3.8) is 0 Å². The highest BCUT2D eigenvalue weighted by Crippen LogP contribution is 2.35. The Morgan fingerprint density at radius 3 is 2.44 bits per heavy atom. The fourth-order valence-electron chi connectivity index (χ4n) is 2.85. The number of halogens is 1. The number of hydrogen-bond donors (Lipinski definition) is 0. The summed E-state index contributed by atoms with van der Waals surface area (Å²) in [4.78, 5) is 2.24. The van der Waals surface area contributed by atoms with E-state index in [0.29, 0.717) is 5.92 Å². The molecule has 0 bridgehead atoms. The highest BCUT2D eigenvalue weighted by molar-refractivity contribution is 7.99. The van der Waals surface area contributed by atoms with Crippen molar-refractivity contribution in [1.82, 2.24) is 14.8 Å². The molecule has 1 unspecified atom stereocenters. The summed E-state index contributed by atoms with van der Waals surface area (Å²) < 4.78 is 20.8. The highest BCUT2D eigenvalue weighted by atomic mass is 32.2. The van der Waals surface area contributed by atoms with Gasteiger partial charge in [-0.1, -0.05) is 37.7 Å². The first-order valence-electron chi connectivity index (χ1n) is 8.72. The number of rotatable bonds is 6. The van der Waals surface area contributed by atoms with E-state index in [2.05, 4.69) is 40.4 Å². The van der Waals surface area contributed by atoms with Gasteiger partial charge in [0.15, 0.2) is 5.16 Å². The van der Waals surface area contributed by atoms with Gasteiger partial charge in [-0.2, -0.15) is 0 Å². The normalized spacial score (nSPS) is 16.4. The van der Waals surface area contributed by atoms with Crippen molar-refractivity contribution in [2.45, 2.75) is 37.7 Å². The fourth-order valence-corrected chi connectivity index (χ4v) is 3.83. The van der Waals surface area contributed by atoms with Crippen LogP contribution in [0.5, 0.6) is 0 Å². The van der Waals surface area contributed by atoms with Crippen LogP contribution in [0.3, 0.4) is 0 Å². The number of thioether (sulfide) groups is 1. The van der Waals surface area contributed by atoms with Crippen LogP contribution in [0, 0.1) is 11.7 Å². The Hall–Kier alpha value is -1.60. The Morgan fingerprint density at radius 1 is 1.12 bits per heavy atom. The van der Waals surface area contributed by atoms with Gasteiger partial charge < -0.3 is 9.64 Å². The quantitative estimate of drug-likeness (QED) is 0.730. The van der Waals surface area contributed by atoms with Crippen molar-refractivity contribution < 1.29 is 9.13 Å². The fraction of sp³-hybridized carbons (Fsp3) is 0.556. The lowest BCUT2D eigenvalue weighted by molar-refractivity contribution is 0.121. The monoisotopic (exact) mass is 364 g/mol. The minimum atomic E-state index is -0.210. The molecule has 1 atom stereocenters. The molecule has 1 aliphatic heterocycles. The maximum absolute atomic E-state index is 13.1. The van der Waals surface area contributed by atoms with Crippen LogP contribution in [-0.2, 0) is 11.3 Å². The molecule has 136 valence electrons. The Kier molecular flexibility index (Phi) is 5.96. The van der Waals surface area contributed by atoms with Gasteiger partial charge in [-0.05, 0) is 30.5 Å². The molecule has 5 nitrogen and oxygen atoms in total. The van der Waals surface area contributed by atoms with E-state index in [0.717, 1.165) is 49.5 Å². The van der Waals surface area contributed by atoms with Gasteiger partial charge in [0.2, 0.25) is 5.95 Å². The van der Waals surface area contributed by atoms with E-state index in [4.69, 9.17) is 4.74 Å². The molecule has 0 saturated carbocycles. The summed E-state index contributed by atoms with van der Waals surface area (Å²) in [5.74, 6) is 1.21. The lowest BCUT2D eigenvalue weighted by Gasteiger charge is -2.28. The maximum atomic E-state index is 13.1. The van der Waals surface area contributed by atoms with E-state index in [-0.39, 0.29) is 11.1 Å². The minimum absolute atomic E-state index is 0.174. The molecule has 2 aromatic rings. The molecule has 0 aliphatic carbocycles. The number of ether oxygens (including phenoxy) is 1. The van der Waals surface area contributed by atoms with Crippen LogP contribution in [0.25, 0.3) is 0 Å². The molecule has 7 heteroatoms. The van der Waals surface area contributed by atoms with Crippen LogP contribution >= 0.6 is 11.8 Å². The largest absolute Gasteiger partial charge is 0.378 e. The van der Waals surface area contributed by atoms with Crippen molar-refractivity contribution in [2.24, 2.45) is 5.92 Å². The Labute approximate surface area is 152 Å². The molecule has 0 radical (unpaired) electrons. The molecule has 1 fully saturated rings. The zero-order valence-corrected chi connectivity index (χ0v) is 15.8. The molecule has 1 aromatic heterocycles. The van der Waals surface area contributed by atoms with Gasteiger partial charge in [0.05, 0.1) is 13.2 Å². The number of hydrogen-bond acceptors (Lipinski definition) is 5. The predicted molar refractivity (Wildman–Crippen MR) is 98.6 cm³/mol. The third kappa shape index (κ3) is 4.52. The van der Waals surface area contributed by atoms with E-state index >= 15 is 0 Å². The summed E-state index contributed by atoms with van der Waals surface area (Å²) in [5, 5.41) is 9.99. The third-order valence-corrected chi connectivity index (χ3v) is 5.30. The van der Waals surface area contributed by atoms with Crippen molar-refractivity contribution in [3.8, 4) is 0 Å². The highest BCUT2D eigenvalue weighted by Gasteiger charge is 2.22. The van der Waals surface area contributed by atoms with Crippen molar-refractivity contribution in [3.05, 3.63) is 35.6 Å². The molecule has 2 heterocycles. The lowest BCUT2D eigenvalue weighted by atomic mass is 10.2. The molecule has 1 saturated heterocycles. The van der Waals surface area contributed by atoms with E-state index in [1.165, 1.54) is 12.1 Å². The van der Waals surface area contributed by atoms with Crippen molar-refractivity contribution in [1.29, 1.82) is 0 Å². The van der Waals surface area contributed by atoms with Crippen LogP contribution in [-0.4, -0.2) is 41.1 Å². The van der Waals surface area contributed by atoms with Gasteiger partial charge in [-0.25, -0.2) is 4.39 Å². The van der Waals surface area contributed by atoms with Gasteiger partial charge >= 0.3 is 0 Å². The first-order chi connectivity index (χ1) is 12.0. The number of aromatic nitrogens is 3. The zero-order valence-electron chi connectivity index (χ0n) is 15.0. The van der Waals surface area contributed by atoms with Crippen LogP contribution in [0.15, 0.2) is 29.4 Å². The number of anilines is 1. The average molecular weight is 364 g/mol. The summed E-state index contributed by atoms with van der Waals surface area (Å²) in [7, 11) is 0. The second kappa shape index (κ2) is 8.19. The first-order valence-corrected chi connectivity index (χ1v) is 9.60. The van der Waals surface area contributed by atoms with Crippen LogP contribution in [0.4, 0.5) is 10.3 Å². The number of morpholine rings is 1. The number of benzene rings is 1. The van der Waals surface area contributed by atoms with E-state index in [1.807, 2.05) is 12.1 Å². The molecule has 3 rings (SSSR count). The summed E-state index contributed by atoms with van der Waals surface area (Å²) >= 11 is 1.66. The van der Waals surface area contributed by atoms with E-state index in [9.17, 15) is 4.39 Å². The van der Waals surface area contributed by atoms with Crippen LogP contribution in [0.2, 0.25) is 0 Å².